The van der Waals surface area contributed by atoms with Gasteiger partial charge >= 0.3 is 0 Å². The van der Waals surface area contributed by atoms with Gasteiger partial charge in [0, 0.05) is 19.6 Å². The number of anilines is 1. The van der Waals surface area contributed by atoms with Crippen LogP contribution in [0.25, 0.3) is 0 Å². The van der Waals surface area contributed by atoms with Gasteiger partial charge in [-0.25, -0.2) is 4.39 Å². The predicted molar refractivity (Wildman–Crippen MR) is 63.6 cm³/mol. The second kappa shape index (κ2) is 5.27. The number of rotatable bonds is 4. The molecule has 3 nitrogen and oxygen atoms in total. The number of benzene rings is 1. The van der Waals surface area contributed by atoms with Crippen molar-refractivity contribution in [3.63, 3.8) is 0 Å². The van der Waals surface area contributed by atoms with E-state index in [1.807, 2.05) is 0 Å². The first-order valence-corrected chi connectivity index (χ1v) is 5.74. The van der Waals surface area contributed by atoms with Gasteiger partial charge in [-0.05, 0) is 18.6 Å². The third-order valence-electron chi connectivity index (χ3n) is 3.04. The van der Waals surface area contributed by atoms with Crippen LogP contribution in [0.3, 0.4) is 0 Å². The van der Waals surface area contributed by atoms with Crippen LogP contribution in [0.15, 0.2) is 24.3 Å². The summed E-state index contributed by atoms with van der Waals surface area (Å²) >= 11 is 0. The number of hydrogen-bond acceptors (Lipinski definition) is 3. The molecule has 1 aliphatic heterocycles. The Morgan fingerprint density at radius 2 is 2.29 bits per heavy atom. The molecule has 0 amide bonds. The van der Waals surface area contributed by atoms with Crippen molar-refractivity contribution < 1.29 is 13.9 Å². The van der Waals surface area contributed by atoms with Gasteiger partial charge in [0.25, 0.3) is 0 Å². The molecule has 0 bridgehead atoms. The molecule has 1 saturated heterocycles. The minimum atomic E-state index is -0.300. The van der Waals surface area contributed by atoms with Crippen molar-refractivity contribution in [2.75, 3.05) is 31.7 Å². The van der Waals surface area contributed by atoms with Gasteiger partial charge in [0.05, 0.1) is 18.8 Å². The van der Waals surface area contributed by atoms with E-state index < -0.39 is 0 Å². The van der Waals surface area contributed by atoms with E-state index in [9.17, 15) is 9.18 Å². The van der Waals surface area contributed by atoms with E-state index in [4.69, 9.17) is 4.74 Å². The van der Waals surface area contributed by atoms with Gasteiger partial charge in [0.2, 0.25) is 0 Å². The summed E-state index contributed by atoms with van der Waals surface area (Å²) < 4.78 is 18.7. The second-order valence-corrected chi connectivity index (χ2v) is 4.33. The number of nitrogens with zero attached hydrogens (tertiary/aromatic N) is 1. The Morgan fingerprint density at radius 3 is 2.94 bits per heavy atom. The number of ether oxygens (including phenoxy) is 1. The summed E-state index contributed by atoms with van der Waals surface area (Å²) in [5, 5.41) is 0. The third kappa shape index (κ3) is 2.82. The fourth-order valence-corrected chi connectivity index (χ4v) is 2.00. The van der Waals surface area contributed by atoms with Crippen molar-refractivity contribution in [3.8, 4) is 0 Å². The van der Waals surface area contributed by atoms with Gasteiger partial charge in [-0.1, -0.05) is 12.1 Å². The lowest BCUT2D eigenvalue weighted by molar-refractivity contribution is -0.121. The van der Waals surface area contributed by atoms with Crippen molar-refractivity contribution in [3.05, 3.63) is 30.1 Å². The largest absolute Gasteiger partial charge is 0.381 e. The number of halogens is 1. The number of carbonyl (C=O) groups excluding carboxylic acids is 1. The molecular formula is C13H16FNO2. The zero-order valence-electron chi connectivity index (χ0n) is 9.86. The molecule has 1 aliphatic rings. The van der Waals surface area contributed by atoms with E-state index in [0.717, 1.165) is 6.42 Å². The van der Waals surface area contributed by atoms with E-state index >= 15 is 0 Å². The van der Waals surface area contributed by atoms with Gasteiger partial charge < -0.3 is 9.64 Å². The molecule has 1 heterocycles. The molecule has 4 heteroatoms. The number of hydrogen-bond donors (Lipinski definition) is 0. The van der Waals surface area contributed by atoms with Gasteiger partial charge in [-0.3, -0.25) is 4.79 Å². The van der Waals surface area contributed by atoms with E-state index in [1.54, 1.807) is 30.1 Å². The summed E-state index contributed by atoms with van der Waals surface area (Å²) in [5.41, 5.74) is 0.458. The minimum absolute atomic E-state index is 0.0239. The Morgan fingerprint density at radius 1 is 1.53 bits per heavy atom. The predicted octanol–water partition coefficient (Wildman–Crippen LogP) is 1.87. The molecule has 2 rings (SSSR count). The number of ketones is 1. The Balaban J connectivity index is 1.99. The third-order valence-corrected chi connectivity index (χ3v) is 3.04. The van der Waals surface area contributed by atoms with Crippen LogP contribution >= 0.6 is 0 Å². The summed E-state index contributed by atoms with van der Waals surface area (Å²) in [6, 6.07) is 6.47. The number of likely N-dealkylation sites (N-methyl/N-ethyl adjacent to an activating group) is 1. The molecule has 1 unspecified atom stereocenters. The topological polar surface area (TPSA) is 29.5 Å². The lowest BCUT2D eigenvalue weighted by atomic mass is 10.0. The number of Topliss-reactive ketones (excluding diaryl/α,β-unsaturated/α-hetero) is 1. The molecule has 0 N–H and O–H groups in total. The summed E-state index contributed by atoms with van der Waals surface area (Å²) in [5.74, 6) is -0.206. The smallest absolute Gasteiger partial charge is 0.157 e. The zero-order valence-corrected chi connectivity index (χ0v) is 9.86. The monoisotopic (exact) mass is 237 g/mol. The maximum Gasteiger partial charge on any atom is 0.157 e. The number of carbonyl (C=O) groups is 1. The van der Waals surface area contributed by atoms with Crippen molar-refractivity contribution in [1.29, 1.82) is 0 Å². The molecule has 1 aromatic rings. The van der Waals surface area contributed by atoms with Crippen LogP contribution in [0, 0.1) is 11.7 Å². The Kier molecular flexibility index (Phi) is 3.74. The van der Waals surface area contributed by atoms with Crippen molar-refractivity contribution in [1.82, 2.24) is 0 Å². The quantitative estimate of drug-likeness (QED) is 0.800. The van der Waals surface area contributed by atoms with Crippen molar-refractivity contribution >= 4 is 11.5 Å². The van der Waals surface area contributed by atoms with Gasteiger partial charge in [-0.2, -0.15) is 0 Å². The van der Waals surface area contributed by atoms with Crippen LogP contribution in [0.4, 0.5) is 10.1 Å². The average molecular weight is 237 g/mol. The first-order valence-electron chi connectivity index (χ1n) is 5.74. The van der Waals surface area contributed by atoms with E-state index in [0.29, 0.717) is 18.9 Å². The van der Waals surface area contributed by atoms with Gasteiger partial charge in [0.1, 0.15) is 5.82 Å². The van der Waals surface area contributed by atoms with E-state index in [1.165, 1.54) is 6.07 Å². The average Bonchev–Trinajstić information content (AvgIpc) is 2.82. The first-order chi connectivity index (χ1) is 8.18. The number of para-hydroxylation sites is 1. The summed E-state index contributed by atoms with van der Waals surface area (Å²) in [6.45, 7) is 1.39. The highest BCUT2D eigenvalue weighted by molar-refractivity contribution is 5.85. The van der Waals surface area contributed by atoms with Gasteiger partial charge in [0.15, 0.2) is 5.78 Å². The molecule has 1 atom stereocenters. The molecule has 0 aliphatic carbocycles. The Labute approximate surface area is 100 Å². The molecule has 92 valence electrons. The van der Waals surface area contributed by atoms with E-state index in [-0.39, 0.29) is 24.1 Å². The molecule has 0 aromatic heterocycles. The summed E-state index contributed by atoms with van der Waals surface area (Å²) in [6.07, 6.45) is 0.782. The standard InChI is InChI=1S/C13H16FNO2/c1-15(12-5-3-2-4-11(12)14)8-13(16)10-6-7-17-9-10/h2-5,10H,6-9H2,1H3. The lowest BCUT2D eigenvalue weighted by Crippen LogP contribution is -2.31. The molecule has 0 saturated carbocycles. The highest BCUT2D eigenvalue weighted by Gasteiger charge is 2.24. The minimum Gasteiger partial charge on any atom is -0.381 e. The fourth-order valence-electron chi connectivity index (χ4n) is 2.00. The Hall–Kier alpha value is -1.42. The van der Waals surface area contributed by atoms with Crippen LogP contribution in [0.1, 0.15) is 6.42 Å². The van der Waals surface area contributed by atoms with Crippen LogP contribution in [0.2, 0.25) is 0 Å². The van der Waals surface area contributed by atoms with Crippen molar-refractivity contribution in [2.24, 2.45) is 5.92 Å². The van der Waals surface area contributed by atoms with E-state index in [2.05, 4.69) is 0 Å². The first kappa shape index (κ1) is 12.0. The summed E-state index contributed by atoms with van der Waals surface area (Å²) in [7, 11) is 1.73. The van der Waals surface area contributed by atoms with Crippen LogP contribution in [-0.4, -0.2) is 32.6 Å². The van der Waals surface area contributed by atoms with Crippen molar-refractivity contribution in [2.45, 2.75) is 6.42 Å². The molecular weight excluding hydrogens is 221 g/mol. The SMILES string of the molecule is CN(CC(=O)C1CCOC1)c1ccccc1F. The second-order valence-electron chi connectivity index (χ2n) is 4.33. The molecule has 1 fully saturated rings. The normalized spacial score (nSPS) is 19.3. The van der Waals surface area contributed by atoms with Crippen LogP contribution in [-0.2, 0) is 9.53 Å². The molecule has 0 radical (unpaired) electrons. The van der Waals surface area contributed by atoms with Crippen LogP contribution < -0.4 is 4.90 Å². The molecule has 17 heavy (non-hydrogen) atoms. The highest BCUT2D eigenvalue weighted by atomic mass is 19.1. The summed E-state index contributed by atoms with van der Waals surface area (Å²) in [4.78, 5) is 13.5. The fraction of sp³-hybridized carbons (Fsp3) is 0.462. The molecule has 0 spiro atoms. The Bertz CT molecular complexity index is 402. The highest BCUT2D eigenvalue weighted by Crippen LogP contribution is 2.19. The maximum atomic E-state index is 13.5. The van der Waals surface area contributed by atoms with Gasteiger partial charge in [-0.15, -0.1) is 0 Å². The zero-order chi connectivity index (χ0) is 12.3. The lowest BCUT2D eigenvalue weighted by Gasteiger charge is -2.20. The van der Waals surface area contributed by atoms with Crippen LogP contribution in [0.5, 0.6) is 0 Å². The maximum absolute atomic E-state index is 13.5. The molecule has 1 aromatic carbocycles.